The number of carbonyl (C=O) groups excluding carboxylic acids is 1. The summed E-state index contributed by atoms with van der Waals surface area (Å²) in [6, 6.07) is 25.8. The number of amides is 1. The summed E-state index contributed by atoms with van der Waals surface area (Å²) in [5, 5.41) is 15.3. The largest absolute Gasteiger partial charge is 0.451 e. The van der Waals surface area contributed by atoms with Crippen molar-refractivity contribution in [2.45, 2.75) is 25.6 Å². The quantitative estimate of drug-likeness (QED) is 0.118. The van der Waals surface area contributed by atoms with E-state index in [-0.39, 0.29) is 23.9 Å². The number of aryl methyl sites for hydroxylation is 1. The lowest BCUT2D eigenvalue weighted by Crippen LogP contribution is -2.28. The normalized spacial score (nSPS) is 12.6. The Morgan fingerprint density at radius 3 is 2.16 bits per heavy atom. The van der Waals surface area contributed by atoms with Crippen LogP contribution >= 0.6 is 0 Å². The molecule has 1 atom stereocenters. The number of anilines is 1. The van der Waals surface area contributed by atoms with E-state index in [1.54, 1.807) is 24.3 Å². The van der Waals surface area contributed by atoms with E-state index in [2.05, 4.69) is 20.8 Å². The number of nitrogens with zero attached hydrogens (tertiary/aromatic N) is 2. The van der Waals surface area contributed by atoms with Gasteiger partial charge in [-0.05, 0) is 66.1 Å². The van der Waals surface area contributed by atoms with Crippen LogP contribution in [-0.2, 0) is 22.7 Å². The summed E-state index contributed by atoms with van der Waals surface area (Å²) in [4.78, 5) is 12.4. The molecular weight excluding hydrogens is 661 g/mol. The number of fused-ring (bicyclic) bond motifs is 1. The van der Waals surface area contributed by atoms with Crippen LogP contribution in [0.2, 0.25) is 0 Å². The molecular formula is C35H29F3N4O6S. The van der Waals surface area contributed by atoms with Crippen molar-refractivity contribution in [1.29, 1.82) is 0 Å². The van der Waals surface area contributed by atoms with E-state index in [9.17, 15) is 26.4 Å². The smallest absolute Gasteiger partial charge is 0.416 e. The van der Waals surface area contributed by atoms with Crippen LogP contribution in [-0.4, -0.2) is 41.4 Å². The second-order valence-corrected chi connectivity index (χ2v) is 12.9. The predicted octanol–water partition coefficient (Wildman–Crippen LogP) is 7.49. The molecule has 0 aliphatic heterocycles. The lowest BCUT2D eigenvalue weighted by atomic mass is 9.99. The summed E-state index contributed by atoms with van der Waals surface area (Å²) in [6.45, 7) is 1.65. The minimum Gasteiger partial charge on any atom is -0.451 e. The Morgan fingerprint density at radius 1 is 0.878 bits per heavy atom. The van der Waals surface area contributed by atoms with Crippen LogP contribution in [0.3, 0.4) is 0 Å². The molecule has 0 aliphatic rings. The van der Waals surface area contributed by atoms with Crippen LogP contribution in [0, 0.1) is 6.92 Å². The van der Waals surface area contributed by atoms with Crippen molar-refractivity contribution in [3.05, 3.63) is 125 Å². The van der Waals surface area contributed by atoms with Gasteiger partial charge in [-0.25, -0.2) is 0 Å². The maximum Gasteiger partial charge on any atom is 0.416 e. The summed E-state index contributed by atoms with van der Waals surface area (Å²) < 4.78 is 82.0. The average molecular weight is 691 g/mol. The van der Waals surface area contributed by atoms with E-state index in [0.717, 1.165) is 34.2 Å². The zero-order valence-electron chi connectivity index (χ0n) is 25.9. The van der Waals surface area contributed by atoms with E-state index in [4.69, 9.17) is 13.4 Å². The number of hydrogen-bond donors (Lipinski definition) is 3. The topological polar surface area (TPSA) is 148 Å². The molecule has 10 nitrogen and oxygen atoms in total. The lowest BCUT2D eigenvalue weighted by Gasteiger charge is -2.17. The van der Waals surface area contributed by atoms with Gasteiger partial charge in [0.05, 0.1) is 11.3 Å². The monoisotopic (exact) mass is 690 g/mol. The SMILES string of the molecule is Cc1c(-c2nnc([C@H](Cc3ccc(-c4ccc(C(F)(F)F)cc4)cc3)Nc3ccc(C(=O)NCCS(=O)(=O)O)cc3)o2)oc2ccccc12. The molecule has 1 amide bonds. The van der Waals surface area contributed by atoms with Gasteiger partial charge in [0.2, 0.25) is 5.89 Å². The van der Waals surface area contributed by atoms with Gasteiger partial charge in [0.1, 0.15) is 11.6 Å². The molecule has 0 fully saturated rings. The zero-order valence-corrected chi connectivity index (χ0v) is 26.7. The van der Waals surface area contributed by atoms with Crippen molar-refractivity contribution < 1.29 is 39.8 Å². The number of para-hydroxylation sites is 1. The van der Waals surface area contributed by atoms with Crippen LogP contribution in [0.15, 0.2) is 106 Å². The molecule has 0 saturated carbocycles. The molecule has 0 bridgehead atoms. The Kier molecular flexibility index (Phi) is 9.26. The third kappa shape index (κ3) is 7.99. The number of furan rings is 1. The summed E-state index contributed by atoms with van der Waals surface area (Å²) in [6.07, 6.45) is -4.05. The van der Waals surface area contributed by atoms with Crippen molar-refractivity contribution in [3.8, 4) is 22.8 Å². The van der Waals surface area contributed by atoms with E-state index in [0.29, 0.717) is 29.0 Å². The molecule has 0 aliphatic carbocycles. The van der Waals surface area contributed by atoms with Crippen LogP contribution in [0.4, 0.5) is 18.9 Å². The minimum absolute atomic E-state index is 0.199. The van der Waals surface area contributed by atoms with E-state index >= 15 is 0 Å². The van der Waals surface area contributed by atoms with Gasteiger partial charge in [0.15, 0.2) is 5.76 Å². The standard InChI is InChI=1S/C35H29F3N4O6S/c1-21-28-4-2-3-5-30(28)47-31(21)34-42-41-33(48-34)29(40-27-16-12-25(13-17-27)32(43)39-18-19-49(44,45)46)20-22-6-8-23(9-7-22)24-10-14-26(15-11-24)35(36,37)38/h2-17,29,40H,18-20H2,1H3,(H,39,43)(H,44,45,46)/t29-/m0/s1. The van der Waals surface area contributed by atoms with Gasteiger partial charge < -0.3 is 19.5 Å². The number of halogens is 3. The fourth-order valence-electron chi connectivity index (χ4n) is 5.28. The van der Waals surface area contributed by atoms with Crippen molar-refractivity contribution in [1.82, 2.24) is 15.5 Å². The first-order chi connectivity index (χ1) is 23.3. The van der Waals surface area contributed by atoms with E-state index in [1.807, 2.05) is 55.5 Å². The fraction of sp³-hybridized carbons (Fsp3) is 0.171. The minimum atomic E-state index is -4.42. The predicted molar refractivity (Wildman–Crippen MR) is 176 cm³/mol. The van der Waals surface area contributed by atoms with Gasteiger partial charge >= 0.3 is 6.18 Å². The number of aromatic nitrogens is 2. The second kappa shape index (κ2) is 13.6. The van der Waals surface area contributed by atoms with Gasteiger partial charge in [-0.15, -0.1) is 10.2 Å². The Bertz CT molecular complexity index is 2200. The number of carbonyl (C=O) groups is 1. The van der Waals surface area contributed by atoms with E-state index < -0.39 is 39.6 Å². The number of benzene rings is 4. The molecule has 0 unspecified atom stereocenters. The summed E-state index contributed by atoms with van der Waals surface area (Å²) in [5.41, 5.74) is 3.94. The number of rotatable bonds is 11. The maximum absolute atomic E-state index is 13.0. The molecule has 4 aromatic carbocycles. The molecule has 0 saturated heterocycles. The zero-order chi connectivity index (χ0) is 34.8. The Hall–Kier alpha value is -5.47. The third-order valence-electron chi connectivity index (χ3n) is 7.85. The first-order valence-corrected chi connectivity index (χ1v) is 16.6. The second-order valence-electron chi connectivity index (χ2n) is 11.3. The molecule has 49 heavy (non-hydrogen) atoms. The fourth-order valence-corrected chi connectivity index (χ4v) is 5.64. The summed E-state index contributed by atoms with van der Waals surface area (Å²) >= 11 is 0. The molecule has 6 aromatic rings. The van der Waals surface area contributed by atoms with Crippen molar-refractivity contribution in [2.75, 3.05) is 17.6 Å². The Morgan fingerprint density at radius 2 is 1.53 bits per heavy atom. The molecule has 0 radical (unpaired) electrons. The van der Waals surface area contributed by atoms with Gasteiger partial charge in [0, 0.05) is 35.2 Å². The Balaban J connectivity index is 1.24. The van der Waals surface area contributed by atoms with Crippen LogP contribution < -0.4 is 10.6 Å². The molecule has 6 rings (SSSR count). The summed E-state index contributed by atoms with van der Waals surface area (Å²) in [5.74, 6) is -0.212. The highest BCUT2D eigenvalue weighted by atomic mass is 32.2. The summed E-state index contributed by atoms with van der Waals surface area (Å²) in [7, 11) is -4.21. The van der Waals surface area contributed by atoms with Crippen molar-refractivity contribution in [2.24, 2.45) is 0 Å². The number of nitrogens with one attached hydrogen (secondary N) is 2. The maximum atomic E-state index is 13.0. The van der Waals surface area contributed by atoms with E-state index in [1.165, 1.54) is 12.1 Å². The molecule has 3 N–H and O–H groups in total. The van der Waals surface area contributed by atoms with Crippen LogP contribution in [0.5, 0.6) is 0 Å². The highest BCUT2D eigenvalue weighted by molar-refractivity contribution is 7.85. The van der Waals surface area contributed by atoms with Crippen molar-refractivity contribution >= 4 is 32.7 Å². The lowest BCUT2D eigenvalue weighted by molar-refractivity contribution is -0.137. The van der Waals surface area contributed by atoms with Gasteiger partial charge in [-0.1, -0.05) is 54.6 Å². The van der Waals surface area contributed by atoms with Gasteiger partial charge in [-0.2, -0.15) is 21.6 Å². The number of alkyl halides is 3. The number of hydrogen-bond acceptors (Lipinski definition) is 8. The molecule has 2 heterocycles. The first-order valence-electron chi connectivity index (χ1n) is 15.0. The van der Waals surface area contributed by atoms with Crippen LogP contribution in [0.1, 0.15) is 39.0 Å². The molecule has 2 aromatic heterocycles. The molecule has 0 spiro atoms. The average Bonchev–Trinajstić information content (AvgIpc) is 3.69. The first kappa shape index (κ1) is 33.4. The highest BCUT2D eigenvalue weighted by Gasteiger charge is 2.30. The molecule has 252 valence electrons. The third-order valence-corrected chi connectivity index (χ3v) is 8.57. The van der Waals surface area contributed by atoms with Gasteiger partial charge in [0.25, 0.3) is 21.9 Å². The highest BCUT2D eigenvalue weighted by Crippen LogP contribution is 2.34. The van der Waals surface area contributed by atoms with Crippen molar-refractivity contribution in [3.63, 3.8) is 0 Å². The Labute approximate surface area is 278 Å². The van der Waals surface area contributed by atoms with Gasteiger partial charge in [-0.3, -0.25) is 9.35 Å². The van der Waals surface area contributed by atoms with Crippen LogP contribution in [0.25, 0.3) is 33.7 Å². The molecule has 14 heteroatoms.